The van der Waals surface area contributed by atoms with Crippen LogP contribution in [0.3, 0.4) is 0 Å². The van der Waals surface area contributed by atoms with E-state index in [1.807, 2.05) is 0 Å². The molecule has 0 aliphatic carbocycles. The van der Waals surface area contributed by atoms with E-state index in [9.17, 15) is 8.42 Å². The molecule has 0 fully saturated rings. The van der Waals surface area contributed by atoms with E-state index in [0.29, 0.717) is 16.5 Å². The normalized spacial score (nSPS) is 19.1. The Bertz CT molecular complexity index is 513. The van der Waals surface area contributed by atoms with E-state index in [1.165, 1.54) is 6.92 Å². The Morgan fingerprint density at radius 3 is 2.94 bits per heavy atom. The summed E-state index contributed by atoms with van der Waals surface area (Å²) in [5.74, 6) is 0.776. The van der Waals surface area contributed by atoms with Gasteiger partial charge in [0.25, 0.3) is 16.4 Å². The van der Waals surface area contributed by atoms with Crippen LogP contribution in [0.4, 0.5) is 0 Å². The molecule has 1 aliphatic rings. The lowest BCUT2D eigenvalue weighted by atomic mass is 10.3. The Morgan fingerprint density at radius 2 is 2.24 bits per heavy atom. The quantitative estimate of drug-likeness (QED) is 0.789. The number of rotatable bonds is 3. The van der Waals surface area contributed by atoms with E-state index in [-0.39, 0.29) is 12.4 Å². The van der Waals surface area contributed by atoms with Crippen LogP contribution in [0.5, 0.6) is 11.5 Å². The van der Waals surface area contributed by atoms with E-state index < -0.39 is 16.4 Å². The number of hydrogen-bond acceptors (Lipinski definition) is 5. The lowest BCUT2D eigenvalue weighted by molar-refractivity contribution is -0.0436. The van der Waals surface area contributed by atoms with Crippen molar-refractivity contribution in [1.29, 1.82) is 0 Å². The molecular formula is C10H11ClO5S. The summed E-state index contributed by atoms with van der Waals surface area (Å²) in [7, 11) is -3.57. The highest BCUT2D eigenvalue weighted by Crippen LogP contribution is 2.34. The molecule has 2 rings (SSSR count). The predicted octanol–water partition coefficient (Wildman–Crippen LogP) is 1.80. The molecule has 94 valence electrons. The summed E-state index contributed by atoms with van der Waals surface area (Å²) < 4.78 is 38.0. The van der Waals surface area contributed by atoms with E-state index >= 15 is 0 Å². The van der Waals surface area contributed by atoms with Gasteiger partial charge in [0.1, 0.15) is 0 Å². The molecule has 0 amide bonds. The van der Waals surface area contributed by atoms with Gasteiger partial charge >= 0.3 is 0 Å². The molecule has 5 nitrogen and oxygen atoms in total. The van der Waals surface area contributed by atoms with Gasteiger partial charge < -0.3 is 9.47 Å². The minimum absolute atomic E-state index is 0.0217. The van der Waals surface area contributed by atoms with Crippen LogP contribution in [0.25, 0.3) is 0 Å². The molecule has 7 heteroatoms. The molecule has 0 aromatic heterocycles. The average molecular weight is 279 g/mol. The highest BCUT2D eigenvalue weighted by atomic mass is 35.5. The maximum absolute atomic E-state index is 11.3. The van der Waals surface area contributed by atoms with Crippen LogP contribution in [-0.4, -0.2) is 27.1 Å². The molecule has 1 heterocycles. The lowest BCUT2D eigenvalue weighted by Crippen LogP contribution is -2.34. The van der Waals surface area contributed by atoms with Gasteiger partial charge in [-0.25, -0.2) is 4.18 Å². The SMILES string of the molecule is CCS(=O)(=O)OC1COc2ccc(Cl)cc2O1. The van der Waals surface area contributed by atoms with Gasteiger partial charge in [-0.05, 0) is 19.1 Å². The summed E-state index contributed by atoms with van der Waals surface area (Å²) in [4.78, 5) is 0. The second-order valence-electron chi connectivity index (χ2n) is 3.39. The van der Waals surface area contributed by atoms with Crippen molar-refractivity contribution < 1.29 is 22.1 Å². The van der Waals surface area contributed by atoms with Crippen LogP contribution in [0, 0.1) is 0 Å². The second kappa shape index (κ2) is 4.72. The standard InChI is InChI=1S/C10H11ClO5S/c1-2-17(12,13)16-10-6-14-8-4-3-7(11)5-9(8)15-10/h3-5,10H,2,6H2,1H3. The highest BCUT2D eigenvalue weighted by molar-refractivity contribution is 7.86. The Kier molecular flexibility index (Phi) is 3.46. The van der Waals surface area contributed by atoms with Crippen molar-refractivity contribution in [3.63, 3.8) is 0 Å². The predicted molar refractivity (Wildman–Crippen MR) is 61.9 cm³/mol. The van der Waals surface area contributed by atoms with Crippen molar-refractivity contribution in [3.8, 4) is 11.5 Å². The fourth-order valence-electron chi connectivity index (χ4n) is 1.31. The molecule has 0 bridgehead atoms. The van der Waals surface area contributed by atoms with Crippen LogP contribution < -0.4 is 9.47 Å². The number of ether oxygens (including phenoxy) is 2. The summed E-state index contributed by atoms with van der Waals surface area (Å²) >= 11 is 5.79. The smallest absolute Gasteiger partial charge is 0.270 e. The van der Waals surface area contributed by atoms with Crippen LogP contribution in [0.2, 0.25) is 5.02 Å². The van der Waals surface area contributed by atoms with E-state index in [2.05, 4.69) is 0 Å². The molecule has 1 aromatic carbocycles. The number of fused-ring (bicyclic) bond motifs is 1. The fourth-order valence-corrected chi connectivity index (χ4v) is 2.03. The van der Waals surface area contributed by atoms with Crippen LogP contribution >= 0.6 is 11.6 Å². The van der Waals surface area contributed by atoms with Gasteiger partial charge in [-0.3, -0.25) is 0 Å². The van der Waals surface area contributed by atoms with Crippen molar-refractivity contribution in [2.75, 3.05) is 12.4 Å². The van der Waals surface area contributed by atoms with Gasteiger partial charge in [0.2, 0.25) is 0 Å². The molecule has 1 unspecified atom stereocenters. The first kappa shape index (κ1) is 12.5. The van der Waals surface area contributed by atoms with Gasteiger partial charge in [0, 0.05) is 11.1 Å². The first-order valence-electron chi connectivity index (χ1n) is 5.00. The lowest BCUT2D eigenvalue weighted by Gasteiger charge is -2.25. The van der Waals surface area contributed by atoms with Crippen LogP contribution in [0.1, 0.15) is 6.92 Å². The maximum atomic E-state index is 11.3. The van der Waals surface area contributed by atoms with Crippen molar-refractivity contribution in [3.05, 3.63) is 23.2 Å². The molecule has 0 N–H and O–H groups in total. The average Bonchev–Trinajstić information content (AvgIpc) is 2.28. The monoisotopic (exact) mass is 278 g/mol. The largest absolute Gasteiger partial charge is 0.483 e. The summed E-state index contributed by atoms with van der Waals surface area (Å²) in [6, 6.07) is 4.86. The third-order valence-electron chi connectivity index (χ3n) is 2.15. The van der Waals surface area contributed by atoms with E-state index in [4.69, 9.17) is 25.3 Å². The molecule has 0 radical (unpaired) electrons. The molecule has 0 saturated heterocycles. The van der Waals surface area contributed by atoms with Crippen molar-refractivity contribution in [2.45, 2.75) is 13.2 Å². The highest BCUT2D eigenvalue weighted by Gasteiger charge is 2.26. The molecule has 1 atom stereocenters. The minimum atomic E-state index is -3.57. The molecular weight excluding hydrogens is 268 g/mol. The third kappa shape index (κ3) is 3.02. The number of benzene rings is 1. The fraction of sp³-hybridized carbons (Fsp3) is 0.400. The Balaban J connectivity index is 2.13. The minimum Gasteiger partial charge on any atom is -0.483 e. The van der Waals surface area contributed by atoms with Crippen molar-refractivity contribution in [1.82, 2.24) is 0 Å². The summed E-state index contributed by atoms with van der Waals surface area (Å²) in [5.41, 5.74) is 0. The molecule has 17 heavy (non-hydrogen) atoms. The molecule has 0 spiro atoms. The third-order valence-corrected chi connectivity index (χ3v) is 3.60. The summed E-state index contributed by atoms with van der Waals surface area (Å²) in [5, 5.41) is 0.478. The number of hydrogen-bond donors (Lipinski definition) is 0. The summed E-state index contributed by atoms with van der Waals surface area (Å²) in [6.07, 6.45) is -0.967. The van der Waals surface area contributed by atoms with Gasteiger partial charge in [-0.1, -0.05) is 11.6 Å². The second-order valence-corrected chi connectivity index (χ2v) is 5.71. The van der Waals surface area contributed by atoms with Crippen LogP contribution in [-0.2, 0) is 14.3 Å². The molecule has 1 aromatic rings. The number of halogens is 1. The summed E-state index contributed by atoms with van der Waals surface area (Å²) in [6.45, 7) is 1.51. The molecule has 1 aliphatic heterocycles. The Hall–Kier alpha value is -0.980. The first-order chi connectivity index (χ1) is 8.00. The first-order valence-corrected chi connectivity index (χ1v) is 6.95. The van der Waals surface area contributed by atoms with Gasteiger partial charge in [0.15, 0.2) is 18.1 Å². The molecule has 0 saturated carbocycles. The maximum Gasteiger partial charge on any atom is 0.270 e. The zero-order chi connectivity index (χ0) is 12.5. The van der Waals surface area contributed by atoms with Crippen molar-refractivity contribution >= 4 is 21.7 Å². The van der Waals surface area contributed by atoms with Gasteiger partial charge in [0.05, 0.1) is 5.75 Å². The Morgan fingerprint density at radius 1 is 1.47 bits per heavy atom. The van der Waals surface area contributed by atoms with Gasteiger partial charge in [-0.2, -0.15) is 8.42 Å². The van der Waals surface area contributed by atoms with E-state index in [0.717, 1.165) is 0 Å². The topological polar surface area (TPSA) is 61.8 Å². The zero-order valence-corrected chi connectivity index (χ0v) is 10.6. The van der Waals surface area contributed by atoms with Crippen molar-refractivity contribution in [2.24, 2.45) is 0 Å². The van der Waals surface area contributed by atoms with Crippen LogP contribution in [0.15, 0.2) is 18.2 Å². The van der Waals surface area contributed by atoms with Gasteiger partial charge in [-0.15, -0.1) is 0 Å². The zero-order valence-electron chi connectivity index (χ0n) is 9.05. The Labute approximate surface area is 104 Å². The van der Waals surface area contributed by atoms with E-state index in [1.54, 1.807) is 18.2 Å².